The Morgan fingerprint density at radius 1 is 1.15 bits per heavy atom. The second-order valence-corrected chi connectivity index (χ2v) is 6.35. The van der Waals surface area contributed by atoms with Gasteiger partial charge in [-0.3, -0.25) is 10.1 Å². The number of methoxy groups -OCH3 is 1. The van der Waals surface area contributed by atoms with Crippen molar-refractivity contribution in [3.63, 3.8) is 0 Å². The Labute approximate surface area is 151 Å². The fourth-order valence-corrected chi connectivity index (χ4v) is 2.01. The van der Waals surface area contributed by atoms with Crippen molar-refractivity contribution in [2.75, 3.05) is 17.7 Å². The number of amides is 2. The lowest BCUT2D eigenvalue weighted by Gasteiger charge is -2.20. The average Bonchev–Trinajstić information content (AvgIpc) is 2.52. The lowest BCUT2D eigenvalue weighted by atomic mass is 10.1. The third kappa shape index (κ3) is 5.40. The number of nitrogens with zero attached hydrogens (tertiary/aromatic N) is 3. The van der Waals surface area contributed by atoms with Gasteiger partial charge >= 0.3 is 12.1 Å². The topological polar surface area (TPSA) is 115 Å². The molecule has 0 aromatic carbocycles. The van der Waals surface area contributed by atoms with Crippen molar-refractivity contribution >= 4 is 23.5 Å². The summed E-state index contributed by atoms with van der Waals surface area (Å²) >= 11 is 0. The van der Waals surface area contributed by atoms with E-state index in [1.807, 2.05) is 0 Å². The largest absolute Gasteiger partial charge is 0.467 e. The molecule has 2 N–H and O–H groups in total. The predicted octanol–water partition coefficient (Wildman–Crippen LogP) is 2.85. The van der Waals surface area contributed by atoms with Gasteiger partial charge in [0.25, 0.3) is 0 Å². The van der Waals surface area contributed by atoms with Crippen molar-refractivity contribution < 1.29 is 19.1 Å². The lowest BCUT2D eigenvalue weighted by molar-refractivity contribution is -0.114. The highest BCUT2D eigenvalue weighted by Crippen LogP contribution is 2.29. The van der Waals surface area contributed by atoms with Gasteiger partial charge in [-0.2, -0.15) is 4.98 Å². The van der Waals surface area contributed by atoms with Gasteiger partial charge in [0.05, 0.1) is 18.5 Å². The molecule has 2 rings (SSSR count). The molecule has 2 heterocycles. The lowest BCUT2D eigenvalue weighted by Crippen LogP contribution is -2.27. The fraction of sp³-hybridized carbons (Fsp3) is 0.353. The first kappa shape index (κ1) is 19.1. The van der Waals surface area contributed by atoms with Crippen LogP contribution < -0.4 is 15.4 Å². The zero-order valence-electron chi connectivity index (χ0n) is 15.3. The Hall–Kier alpha value is -3.23. The van der Waals surface area contributed by atoms with Crippen LogP contribution in [0.2, 0.25) is 0 Å². The second-order valence-electron chi connectivity index (χ2n) is 6.35. The molecule has 2 aromatic rings. The van der Waals surface area contributed by atoms with Crippen LogP contribution in [0, 0.1) is 0 Å². The van der Waals surface area contributed by atoms with E-state index in [1.54, 1.807) is 26.8 Å². The van der Waals surface area contributed by atoms with E-state index in [1.165, 1.54) is 32.5 Å². The summed E-state index contributed by atoms with van der Waals surface area (Å²) in [6.45, 7) is 6.65. The van der Waals surface area contributed by atoms with Crippen molar-refractivity contribution in [2.45, 2.75) is 33.3 Å². The Bertz CT molecular complexity index is 817. The van der Waals surface area contributed by atoms with Crippen LogP contribution in [-0.2, 0) is 9.53 Å². The number of hydrogen-bond acceptors (Lipinski definition) is 7. The minimum absolute atomic E-state index is 0.177. The van der Waals surface area contributed by atoms with E-state index < -0.39 is 11.7 Å². The number of hydrogen-bond donors (Lipinski definition) is 2. The van der Waals surface area contributed by atoms with E-state index in [0.29, 0.717) is 16.9 Å². The summed E-state index contributed by atoms with van der Waals surface area (Å²) in [6.07, 6.45) is 2.37. The summed E-state index contributed by atoms with van der Waals surface area (Å²) in [5.41, 5.74) is 0.727. The first-order valence-electron chi connectivity index (χ1n) is 7.83. The van der Waals surface area contributed by atoms with Gasteiger partial charge in [-0.25, -0.2) is 14.8 Å². The Kier molecular flexibility index (Phi) is 5.71. The highest BCUT2D eigenvalue weighted by atomic mass is 16.6. The van der Waals surface area contributed by atoms with E-state index >= 15 is 0 Å². The smallest absolute Gasteiger partial charge is 0.412 e. The van der Waals surface area contributed by atoms with E-state index in [0.717, 1.165) is 0 Å². The van der Waals surface area contributed by atoms with E-state index in [4.69, 9.17) is 9.47 Å². The van der Waals surface area contributed by atoms with E-state index in [9.17, 15) is 9.59 Å². The van der Waals surface area contributed by atoms with Crippen LogP contribution in [0.5, 0.6) is 6.01 Å². The van der Waals surface area contributed by atoms with E-state index in [2.05, 4.69) is 25.6 Å². The maximum absolute atomic E-state index is 12.2. The van der Waals surface area contributed by atoms with Gasteiger partial charge in [0.2, 0.25) is 5.91 Å². The summed E-state index contributed by atoms with van der Waals surface area (Å²) in [7, 11) is 1.46. The Morgan fingerprint density at radius 3 is 2.50 bits per heavy atom. The van der Waals surface area contributed by atoms with Gasteiger partial charge < -0.3 is 14.8 Å². The van der Waals surface area contributed by atoms with Crippen LogP contribution in [0.3, 0.4) is 0 Å². The third-order valence-corrected chi connectivity index (χ3v) is 2.94. The predicted molar refractivity (Wildman–Crippen MR) is 96.0 cm³/mol. The number of carbonyl (C=O) groups excluding carboxylic acids is 2. The molecule has 0 saturated carbocycles. The first-order valence-corrected chi connectivity index (χ1v) is 7.83. The number of anilines is 2. The number of nitrogens with one attached hydrogen (secondary N) is 2. The minimum atomic E-state index is -0.657. The number of ether oxygens (including phenoxy) is 2. The normalized spacial score (nSPS) is 10.8. The van der Waals surface area contributed by atoms with Crippen molar-refractivity contribution in [3.8, 4) is 17.3 Å². The van der Waals surface area contributed by atoms with Gasteiger partial charge in [0, 0.05) is 30.9 Å². The summed E-state index contributed by atoms with van der Waals surface area (Å²) < 4.78 is 10.3. The SMILES string of the molecule is COc1nccc(-c2cnc(NC(C)=O)cc2NC(=O)OC(C)(C)C)n1. The molecule has 0 bridgehead atoms. The quantitative estimate of drug-likeness (QED) is 0.862. The van der Waals surface area contributed by atoms with Gasteiger partial charge in [-0.15, -0.1) is 0 Å². The van der Waals surface area contributed by atoms with Crippen LogP contribution in [0.25, 0.3) is 11.3 Å². The number of rotatable bonds is 4. The molecule has 2 amide bonds. The molecular formula is C17H21N5O4. The van der Waals surface area contributed by atoms with Gasteiger partial charge in [-0.1, -0.05) is 0 Å². The Morgan fingerprint density at radius 2 is 1.88 bits per heavy atom. The molecule has 0 radical (unpaired) electrons. The second kappa shape index (κ2) is 7.77. The number of carbonyl (C=O) groups is 2. The van der Waals surface area contributed by atoms with Crippen molar-refractivity contribution in [2.24, 2.45) is 0 Å². The summed E-state index contributed by atoms with van der Waals surface area (Å²) in [5, 5.41) is 5.23. The molecular weight excluding hydrogens is 338 g/mol. The molecule has 9 nitrogen and oxygen atoms in total. The van der Waals surface area contributed by atoms with Crippen LogP contribution in [0.1, 0.15) is 27.7 Å². The molecule has 138 valence electrons. The highest BCUT2D eigenvalue weighted by Gasteiger charge is 2.19. The molecule has 2 aromatic heterocycles. The molecule has 0 unspecified atom stereocenters. The summed E-state index contributed by atoms with van der Waals surface area (Å²) in [5.74, 6) is 0.00510. The zero-order valence-corrected chi connectivity index (χ0v) is 15.3. The fourth-order valence-electron chi connectivity index (χ4n) is 2.01. The molecule has 9 heteroatoms. The number of pyridine rings is 1. The van der Waals surface area contributed by atoms with Crippen LogP contribution >= 0.6 is 0 Å². The van der Waals surface area contributed by atoms with Crippen molar-refractivity contribution in [1.29, 1.82) is 0 Å². The van der Waals surface area contributed by atoms with Crippen LogP contribution in [-0.4, -0.2) is 39.7 Å². The van der Waals surface area contributed by atoms with Crippen LogP contribution in [0.4, 0.5) is 16.3 Å². The third-order valence-electron chi connectivity index (χ3n) is 2.94. The highest BCUT2D eigenvalue weighted by molar-refractivity contribution is 5.94. The van der Waals surface area contributed by atoms with Gasteiger partial charge in [-0.05, 0) is 26.8 Å². The molecule has 0 aliphatic rings. The van der Waals surface area contributed by atoms with Gasteiger partial charge in [0.15, 0.2) is 0 Å². The monoisotopic (exact) mass is 359 g/mol. The minimum Gasteiger partial charge on any atom is -0.467 e. The molecule has 0 aliphatic carbocycles. The maximum Gasteiger partial charge on any atom is 0.412 e. The Balaban J connectivity index is 2.42. The van der Waals surface area contributed by atoms with E-state index in [-0.39, 0.29) is 17.7 Å². The van der Waals surface area contributed by atoms with Crippen molar-refractivity contribution in [1.82, 2.24) is 15.0 Å². The summed E-state index contributed by atoms with van der Waals surface area (Å²) in [6, 6.07) is 3.35. The summed E-state index contributed by atoms with van der Waals surface area (Å²) in [4.78, 5) is 35.8. The molecule has 0 saturated heterocycles. The molecule has 26 heavy (non-hydrogen) atoms. The zero-order chi connectivity index (χ0) is 19.3. The standard InChI is InChI=1S/C17H21N5O4/c1-10(23)20-14-8-13(22-16(24)26-17(2,3)4)11(9-19-14)12-6-7-18-15(21-12)25-5/h6-9H,1-5H3,(H2,19,20,22,23,24). The molecule has 0 atom stereocenters. The molecule has 0 spiro atoms. The van der Waals surface area contributed by atoms with Gasteiger partial charge in [0.1, 0.15) is 11.4 Å². The van der Waals surface area contributed by atoms with Crippen molar-refractivity contribution in [3.05, 3.63) is 24.5 Å². The van der Waals surface area contributed by atoms with Crippen LogP contribution in [0.15, 0.2) is 24.5 Å². The average molecular weight is 359 g/mol. The molecule has 0 aliphatic heterocycles. The maximum atomic E-state index is 12.2. The number of aromatic nitrogens is 3. The first-order chi connectivity index (χ1) is 12.2. The molecule has 0 fully saturated rings.